The molecule has 0 amide bonds. The van der Waals surface area contributed by atoms with Crippen LogP contribution >= 0.6 is 39.1 Å². The molecule has 2 aromatic rings. The van der Waals surface area contributed by atoms with E-state index in [-0.39, 0.29) is 0 Å². The van der Waals surface area contributed by atoms with Crippen molar-refractivity contribution in [2.24, 2.45) is 0 Å². The summed E-state index contributed by atoms with van der Waals surface area (Å²) in [7, 11) is 0. The van der Waals surface area contributed by atoms with Crippen LogP contribution in [0.5, 0.6) is 5.75 Å². The highest BCUT2D eigenvalue weighted by Crippen LogP contribution is 2.26. The molecule has 0 unspecified atom stereocenters. The molecule has 0 bridgehead atoms. The molecular formula is C14H12BrCl2NO. The maximum Gasteiger partial charge on any atom is 0.120 e. The highest BCUT2D eigenvalue weighted by Gasteiger charge is 2.00. The van der Waals surface area contributed by atoms with Gasteiger partial charge in [-0.05, 0) is 36.4 Å². The fraction of sp³-hybridized carbons (Fsp3) is 0.143. The second-order valence-corrected chi connectivity index (χ2v) is 5.59. The lowest BCUT2D eigenvalue weighted by molar-refractivity contribution is 0.333. The second kappa shape index (κ2) is 7.04. The van der Waals surface area contributed by atoms with Crippen molar-refractivity contribution in [1.29, 1.82) is 0 Å². The predicted molar refractivity (Wildman–Crippen MR) is 84.6 cm³/mol. The fourth-order valence-corrected chi connectivity index (χ4v) is 2.05. The third-order valence-electron chi connectivity index (χ3n) is 2.44. The molecule has 5 heteroatoms. The van der Waals surface area contributed by atoms with Crippen molar-refractivity contribution in [3.8, 4) is 5.75 Å². The maximum atomic E-state index is 5.91. The van der Waals surface area contributed by atoms with Crippen LogP contribution in [0.25, 0.3) is 0 Å². The van der Waals surface area contributed by atoms with Crippen molar-refractivity contribution in [3.63, 3.8) is 0 Å². The first-order valence-corrected chi connectivity index (χ1v) is 7.27. The van der Waals surface area contributed by atoms with Gasteiger partial charge >= 0.3 is 0 Å². The third kappa shape index (κ3) is 4.60. The van der Waals surface area contributed by atoms with Crippen molar-refractivity contribution in [2.75, 3.05) is 18.5 Å². The molecule has 2 nitrogen and oxygen atoms in total. The molecular weight excluding hydrogens is 349 g/mol. The molecule has 0 heterocycles. The number of hydrogen-bond donors (Lipinski definition) is 1. The van der Waals surface area contributed by atoms with E-state index in [1.807, 2.05) is 24.3 Å². The van der Waals surface area contributed by atoms with Gasteiger partial charge in [0.2, 0.25) is 0 Å². The standard InChI is InChI=1S/C14H12BrCl2NO/c15-10-1-3-11(4-2-10)18-7-8-19-12-5-6-13(16)14(17)9-12/h1-6,9,18H,7-8H2. The third-order valence-corrected chi connectivity index (χ3v) is 3.70. The van der Waals surface area contributed by atoms with Crippen molar-refractivity contribution in [2.45, 2.75) is 0 Å². The summed E-state index contributed by atoms with van der Waals surface area (Å²) < 4.78 is 6.63. The van der Waals surface area contributed by atoms with Crippen LogP contribution in [0, 0.1) is 0 Å². The number of ether oxygens (including phenoxy) is 1. The van der Waals surface area contributed by atoms with E-state index in [1.54, 1.807) is 18.2 Å². The summed E-state index contributed by atoms with van der Waals surface area (Å²) in [5.41, 5.74) is 1.06. The van der Waals surface area contributed by atoms with E-state index in [0.717, 1.165) is 10.2 Å². The van der Waals surface area contributed by atoms with Crippen molar-refractivity contribution in [1.82, 2.24) is 0 Å². The molecule has 0 spiro atoms. The molecule has 0 saturated heterocycles. The Labute approximate surface area is 130 Å². The molecule has 0 aliphatic heterocycles. The summed E-state index contributed by atoms with van der Waals surface area (Å²) in [6.45, 7) is 1.26. The Morgan fingerprint density at radius 2 is 1.74 bits per heavy atom. The predicted octanol–water partition coefficient (Wildman–Crippen LogP) is 5.25. The van der Waals surface area contributed by atoms with E-state index >= 15 is 0 Å². The Bertz CT molecular complexity index is 546. The van der Waals surface area contributed by atoms with Crippen LogP contribution < -0.4 is 10.1 Å². The second-order valence-electron chi connectivity index (χ2n) is 3.86. The molecule has 2 aromatic carbocycles. The van der Waals surface area contributed by atoms with Crippen LogP contribution in [0.4, 0.5) is 5.69 Å². The lowest BCUT2D eigenvalue weighted by Crippen LogP contribution is -2.11. The minimum Gasteiger partial charge on any atom is -0.492 e. The van der Waals surface area contributed by atoms with Crippen LogP contribution in [0.15, 0.2) is 46.9 Å². The molecule has 100 valence electrons. The molecule has 0 aliphatic rings. The van der Waals surface area contributed by atoms with Crippen LogP contribution in [0.3, 0.4) is 0 Å². The normalized spacial score (nSPS) is 10.3. The fourth-order valence-electron chi connectivity index (χ4n) is 1.50. The van der Waals surface area contributed by atoms with E-state index in [2.05, 4.69) is 21.2 Å². The molecule has 0 aliphatic carbocycles. The Kier molecular flexibility index (Phi) is 5.37. The number of halogens is 3. The number of benzene rings is 2. The van der Waals surface area contributed by atoms with Gasteiger partial charge in [-0.1, -0.05) is 39.1 Å². The first-order valence-electron chi connectivity index (χ1n) is 5.72. The van der Waals surface area contributed by atoms with Gasteiger partial charge in [0.1, 0.15) is 12.4 Å². The zero-order valence-electron chi connectivity index (χ0n) is 10.00. The maximum absolute atomic E-state index is 5.91. The Hall–Kier alpha value is -0.900. The number of rotatable bonds is 5. The van der Waals surface area contributed by atoms with Gasteiger partial charge in [-0.2, -0.15) is 0 Å². The summed E-state index contributed by atoms with van der Waals surface area (Å²) in [6.07, 6.45) is 0. The molecule has 2 rings (SSSR count). The minimum atomic E-state index is 0.500. The van der Waals surface area contributed by atoms with E-state index in [4.69, 9.17) is 27.9 Å². The van der Waals surface area contributed by atoms with Gasteiger partial charge in [-0.15, -0.1) is 0 Å². The monoisotopic (exact) mass is 359 g/mol. The van der Waals surface area contributed by atoms with E-state index in [0.29, 0.717) is 28.9 Å². The average molecular weight is 361 g/mol. The van der Waals surface area contributed by atoms with Gasteiger partial charge in [0.25, 0.3) is 0 Å². The summed E-state index contributed by atoms with van der Waals surface area (Å²) in [4.78, 5) is 0. The highest BCUT2D eigenvalue weighted by molar-refractivity contribution is 9.10. The zero-order valence-corrected chi connectivity index (χ0v) is 13.1. The minimum absolute atomic E-state index is 0.500. The van der Waals surface area contributed by atoms with Crippen LogP contribution in [0.2, 0.25) is 10.0 Å². The average Bonchev–Trinajstić information content (AvgIpc) is 2.41. The molecule has 0 radical (unpaired) electrons. The quantitative estimate of drug-likeness (QED) is 0.735. The van der Waals surface area contributed by atoms with Gasteiger partial charge in [0.05, 0.1) is 10.0 Å². The molecule has 0 atom stereocenters. The first-order chi connectivity index (χ1) is 9.15. The van der Waals surface area contributed by atoms with Gasteiger partial charge in [0, 0.05) is 22.8 Å². The van der Waals surface area contributed by atoms with Gasteiger partial charge in [0.15, 0.2) is 0 Å². The van der Waals surface area contributed by atoms with Crippen molar-refractivity contribution < 1.29 is 4.74 Å². The molecule has 0 aromatic heterocycles. The SMILES string of the molecule is Clc1ccc(OCCNc2ccc(Br)cc2)cc1Cl. The number of anilines is 1. The van der Waals surface area contributed by atoms with Gasteiger partial charge in [-0.25, -0.2) is 0 Å². The smallest absolute Gasteiger partial charge is 0.120 e. The Balaban J connectivity index is 1.77. The van der Waals surface area contributed by atoms with Gasteiger partial charge in [-0.3, -0.25) is 0 Å². The molecule has 19 heavy (non-hydrogen) atoms. The summed E-state index contributed by atoms with van der Waals surface area (Å²) >= 11 is 15.1. The van der Waals surface area contributed by atoms with Crippen LogP contribution in [0.1, 0.15) is 0 Å². The lowest BCUT2D eigenvalue weighted by Gasteiger charge is -2.09. The molecule has 0 saturated carbocycles. The topological polar surface area (TPSA) is 21.3 Å². The van der Waals surface area contributed by atoms with E-state index < -0.39 is 0 Å². The largest absolute Gasteiger partial charge is 0.492 e. The van der Waals surface area contributed by atoms with Gasteiger partial charge < -0.3 is 10.1 Å². The summed E-state index contributed by atoms with van der Waals surface area (Å²) in [5.74, 6) is 0.715. The van der Waals surface area contributed by atoms with Crippen molar-refractivity contribution >= 4 is 44.8 Å². The van der Waals surface area contributed by atoms with Crippen molar-refractivity contribution in [3.05, 3.63) is 57.0 Å². The van der Waals surface area contributed by atoms with Crippen LogP contribution in [-0.4, -0.2) is 13.2 Å². The van der Waals surface area contributed by atoms with Crippen LogP contribution in [-0.2, 0) is 0 Å². The molecule has 1 N–H and O–H groups in total. The first kappa shape index (κ1) is 14.5. The summed E-state index contributed by atoms with van der Waals surface area (Å²) in [6, 6.07) is 13.2. The Morgan fingerprint density at radius 1 is 1.00 bits per heavy atom. The number of nitrogens with one attached hydrogen (secondary N) is 1. The molecule has 0 fully saturated rings. The lowest BCUT2D eigenvalue weighted by atomic mass is 10.3. The van der Waals surface area contributed by atoms with E-state index in [1.165, 1.54) is 0 Å². The summed E-state index contributed by atoms with van der Waals surface area (Å²) in [5, 5.41) is 4.29. The Morgan fingerprint density at radius 3 is 2.42 bits per heavy atom. The zero-order chi connectivity index (χ0) is 13.7. The van der Waals surface area contributed by atoms with E-state index in [9.17, 15) is 0 Å². The number of hydrogen-bond acceptors (Lipinski definition) is 2. The highest BCUT2D eigenvalue weighted by atomic mass is 79.9.